The van der Waals surface area contributed by atoms with Crippen LogP contribution in [0.25, 0.3) is 0 Å². The SMILES string of the molecule is CC(=CCC/C(C)=C/CCNC1CCCCC1)CO. The highest BCUT2D eigenvalue weighted by atomic mass is 16.3. The minimum atomic E-state index is 0.189. The first kappa shape index (κ1) is 16.5. The number of hydrogen-bond donors (Lipinski definition) is 2. The summed E-state index contributed by atoms with van der Waals surface area (Å²) in [5.41, 5.74) is 2.54. The van der Waals surface area contributed by atoms with Crippen LogP contribution in [0.2, 0.25) is 0 Å². The third-order valence-electron chi connectivity index (χ3n) is 3.96. The van der Waals surface area contributed by atoms with Gasteiger partial charge in [-0.1, -0.05) is 42.6 Å². The molecule has 1 rings (SSSR count). The van der Waals surface area contributed by atoms with Crippen molar-refractivity contribution in [1.29, 1.82) is 0 Å². The Morgan fingerprint density at radius 2 is 1.74 bits per heavy atom. The zero-order valence-corrected chi connectivity index (χ0v) is 12.8. The van der Waals surface area contributed by atoms with Gasteiger partial charge in [-0.15, -0.1) is 0 Å². The molecular formula is C17H31NO. The molecule has 0 aliphatic heterocycles. The van der Waals surface area contributed by atoms with E-state index in [1.807, 2.05) is 6.92 Å². The quantitative estimate of drug-likeness (QED) is 0.514. The Morgan fingerprint density at radius 3 is 2.42 bits per heavy atom. The maximum atomic E-state index is 8.91. The molecule has 19 heavy (non-hydrogen) atoms. The van der Waals surface area contributed by atoms with E-state index < -0.39 is 0 Å². The predicted molar refractivity (Wildman–Crippen MR) is 83.3 cm³/mol. The average molecular weight is 265 g/mol. The lowest BCUT2D eigenvalue weighted by molar-refractivity contribution is 0.331. The van der Waals surface area contributed by atoms with Crippen molar-refractivity contribution in [1.82, 2.24) is 5.32 Å². The zero-order chi connectivity index (χ0) is 13.9. The van der Waals surface area contributed by atoms with E-state index in [0.29, 0.717) is 0 Å². The summed E-state index contributed by atoms with van der Waals surface area (Å²) in [5, 5.41) is 12.6. The molecule has 0 bridgehead atoms. The fourth-order valence-corrected chi connectivity index (χ4v) is 2.63. The van der Waals surface area contributed by atoms with Crippen LogP contribution >= 0.6 is 0 Å². The summed E-state index contributed by atoms with van der Waals surface area (Å²) in [7, 11) is 0. The standard InChI is InChI=1S/C17H31NO/c1-15(8-6-9-16(2)14-19)10-7-13-18-17-11-4-3-5-12-17/h9-10,17-19H,3-8,11-14H2,1-2H3/b15-10+,16-9?. The van der Waals surface area contributed by atoms with Gasteiger partial charge < -0.3 is 10.4 Å². The van der Waals surface area contributed by atoms with E-state index in [-0.39, 0.29) is 6.61 Å². The van der Waals surface area contributed by atoms with Crippen molar-refractivity contribution >= 4 is 0 Å². The lowest BCUT2D eigenvalue weighted by atomic mass is 9.95. The van der Waals surface area contributed by atoms with E-state index in [1.165, 1.54) is 37.7 Å². The normalized spacial score (nSPS) is 18.9. The summed E-state index contributed by atoms with van der Waals surface area (Å²) >= 11 is 0. The lowest BCUT2D eigenvalue weighted by Gasteiger charge is -2.22. The summed E-state index contributed by atoms with van der Waals surface area (Å²) in [6.07, 6.45) is 14.8. The van der Waals surface area contributed by atoms with Gasteiger partial charge in [-0.25, -0.2) is 0 Å². The summed E-state index contributed by atoms with van der Waals surface area (Å²) in [4.78, 5) is 0. The molecule has 0 radical (unpaired) electrons. The fraction of sp³-hybridized carbons (Fsp3) is 0.765. The van der Waals surface area contributed by atoms with Gasteiger partial charge in [0, 0.05) is 6.04 Å². The molecule has 1 aliphatic carbocycles. The maximum Gasteiger partial charge on any atom is 0.0639 e. The van der Waals surface area contributed by atoms with E-state index in [1.54, 1.807) is 0 Å². The molecule has 0 spiro atoms. The second kappa shape index (κ2) is 10.2. The number of allylic oxidation sites excluding steroid dienone is 2. The molecule has 0 saturated heterocycles. The van der Waals surface area contributed by atoms with E-state index in [4.69, 9.17) is 5.11 Å². The van der Waals surface area contributed by atoms with Crippen molar-refractivity contribution in [3.63, 3.8) is 0 Å². The number of aliphatic hydroxyl groups excluding tert-OH is 1. The fourth-order valence-electron chi connectivity index (χ4n) is 2.63. The largest absolute Gasteiger partial charge is 0.392 e. The van der Waals surface area contributed by atoms with Gasteiger partial charge in [-0.05, 0) is 52.5 Å². The molecule has 2 heteroatoms. The molecule has 2 nitrogen and oxygen atoms in total. The van der Waals surface area contributed by atoms with E-state index in [2.05, 4.69) is 24.4 Å². The van der Waals surface area contributed by atoms with Crippen molar-refractivity contribution in [2.24, 2.45) is 0 Å². The molecule has 0 aromatic heterocycles. The van der Waals surface area contributed by atoms with Crippen LogP contribution in [0.5, 0.6) is 0 Å². The molecule has 0 aromatic rings. The van der Waals surface area contributed by atoms with Gasteiger partial charge in [0.25, 0.3) is 0 Å². The van der Waals surface area contributed by atoms with Crippen LogP contribution in [0, 0.1) is 0 Å². The Hall–Kier alpha value is -0.600. The van der Waals surface area contributed by atoms with Crippen molar-refractivity contribution < 1.29 is 5.11 Å². The Labute approximate surface area is 119 Å². The van der Waals surface area contributed by atoms with E-state index in [9.17, 15) is 0 Å². The van der Waals surface area contributed by atoms with Gasteiger partial charge in [0.1, 0.15) is 0 Å². The maximum absolute atomic E-state index is 8.91. The first-order valence-corrected chi connectivity index (χ1v) is 7.88. The van der Waals surface area contributed by atoms with Crippen molar-refractivity contribution in [2.45, 2.75) is 71.3 Å². The van der Waals surface area contributed by atoms with Gasteiger partial charge in [0.2, 0.25) is 0 Å². The smallest absolute Gasteiger partial charge is 0.0639 e. The van der Waals surface area contributed by atoms with Gasteiger partial charge in [0.05, 0.1) is 6.61 Å². The van der Waals surface area contributed by atoms with Crippen molar-refractivity contribution in [3.05, 3.63) is 23.3 Å². The van der Waals surface area contributed by atoms with E-state index >= 15 is 0 Å². The summed E-state index contributed by atoms with van der Waals surface area (Å²) in [5.74, 6) is 0. The number of rotatable bonds is 8. The molecule has 110 valence electrons. The Bertz CT molecular complexity index is 288. The number of nitrogens with one attached hydrogen (secondary N) is 1. The second-order valence-electron chi connectivity index (χ2n) is 5.88. The Balaban J connectivity index is 2.07. The highest BCUT2D eigenvalue weighted by Gasteiger charge is 2.11. The molecule has 0 aromatic carbocycles. The van der Waals surface area contributed by atoms with Crippen LogP contribution < -0.4 is 5.32 Å². The molecule has 0 heterocycles. The van der Waals surface area contributed by atoms with Crippen LogP contribution in [0.4, 0.5) is 0 Å². The van der Waals surface area contributed by atoms with Gasteiger partial charge in [0.15, 0.2) is 0 Å². The van der Waals surface area contributed by atoms with Gasteiger partial charge in [-0.3, -0.25) is 0 Å². The minimum Gasteiger partial charge on any atom is -0.392 e. The number of aliphatic hydroxyl groups is 1. The molecule has 1 saturated carbocycles. The highest BCUT2D eigenvalue weighted by molar-refractivity contribution is 5.03. The minimum absolute atomic E-state index is 0.189. The summed E-state index contributed by atoms with van der Waals surface area (Å²) in [6.45, 7) is 5.50. The molecule has 1 fully saturated rings. The van der Waals surface area contributed by atoms with Crippen molar-refractivity contribution in [2.75, 3.05) is 13.2 Å². The van der Waals surface area contributed by atoms with Crippen molar-refractivity contribution in [3.8, 4) is 0 Å². The summed E-state index contributed by atoms with van der Waals surface area (Å²) in [6, 6.07) is 0.776. The lowest BCUT2D eigenvalue weighted by Crippen LogP contribution is -2.31. The van der Waals surface area contributed by atoms with Crippen LogP contribution in [0.3, 0.4) is 0 Å². The third-order valence-corrected chi connectivity index (χ3v) is 3.96. The topological polar surface area (TPSA) is 32.3 Å². The molecule has 2 N–H and O–H groups in total. The zero-order valence-electron chi connectivity index (χ0n) is 12.8. The van der Waals surface area contributed by atoms with Crippen LogP contribution in [-0.4, -0.2) is 24.3 Å². The summed E-state index contributed by atoms with van der Waals surface area (Å²) < 4.78 is 0. The molecule has 0 atom stereocenters. The Morgan fingerprint density at radius 1 is 1.05 bits per heavy atom. The second-order valence-corrected chi connectivity index (χ2v) is 5.88. The third kappa shape index (κ3) is 8.22. The molecule has 0 amide bonds. The predicted octanol–water partition coefficient (Wildman–Crippen LogP) is 3.96. The Kier molecular flexibility index (Phi) is 8.85. The van der Waals surface area contributed by atoms with Gasteiger partial charge >= 0.3 is 0 Å². The van der Waals surface area contributed by atoms with Crippen LogP contribution in [-0.2, 0) is 0 Å². The van der Waals surface area contributed by atoms with Crippen LogP contribution in [0.1, 0.15) is 65.2 Å². The van der Waals surface area contributed by atoms with Crippen LogP contribution in [0.15, 0.2) is 23.3 Å². The average Bonchev–Trinajstić information content (AvgIpc) is 2.44. The first-order valence-electron chi connectivity index (χ1n) is 7.88. The first-order chi connectivity index (χ1) is 9.22. The van der Waals surface area contributed by atoms with E-state index in [0.717, 1.165) is 37.4 Å². The monoisotopic (exact) mass is 265 g/mol. The number of hydrogen-bond acceptors (Lipinski definition) is 2. The van der Waals surface area contributed by atoms with Gasteiger partial charge in [-0.2, -0.15) is 0 Å². The highest BCUT2D eigenvalue weighted by Crippen LogP contribution is 2.17. The molecule has 0 unspecified atom stereocenters. The molecular weight excluding hydrogens is 234 g/mol. The molecule has 1 aliphatic rings.